The van der Waals surface area contributed by atoms with Crippen LogP contribution in [0.3, 0.4) is 0 Å². The Balaban J connectivity index is 1.97. The molecule has 1 aromatic heterocycles. The molecule has 0 bridgehead atoms. The van der Waals surface area contributed by atoms with Crippen LogP contribution in [0.15, 0.2) is 18.3 Å². The van der Waals surface area contributed by atoms with Gasteiger partial charge in [0.25, 0.3) is 5.69 Å². The molecule has 0 aromatic carbocycles. The van der Waals surface area contributed by atoms with Crippen LogP contribution in [0.2, 0.25) is 0 Å². The molecule has 0 spiro atoms. The Hall–Kier alpha value is -2.18. The number of hydrogen-bond acceptors (Lipinski definition) is 5. The molecule has 1 atom stereocenters. The maximum absolute atomic E-state index is 11.5. The Morgan fingerprint density at radius 3 is 2.89 bits per heavy atom. The highest BCUT2D eigenvalue weighted by atomic mass is 16.6. The average Bonchev–Trinajstić information content (AvgIpc) is 2.34. The first-order chi connectivity index (χ1) is 8.56. The summed E-state index contributed by atoms with van der Waals surface area (Å²) in [5.74, 6) is 0.656. The topological polar surface area (TPSA) is 88.4 Å². The van der Waals surface area contributed by atoms with Crippen LogP contribution in [-0.2, 0) is 4.79 Å². The van der Waals surface area contributed by atoms with Gasteiger partial charge in [-0.15, -0.1) is 0 Å². The lowest BCUT2D eigenvalue weighted by atomic mass is 10.1. The van der Waals surface area contributed by atoms with Crippen LogP contribution in [0.25, 0.3) is 0 Å². The highest BCUT2D eigenvalue weighted by Gasteiger charge is 2.23. The third-order valence-electron chi connectivity index (χ3n) is 2.97. The van der Waals surface area contributed by atoms with Crippen molar-refractivity contribution in [3.63, 3.8) is 0 Å². The summed E-state index contributed by atoms with van der Waals surface area (Å²) in [5.41, 5.74) is -0.0417. The highest BCUT2D eigenvalue weighted by Crippen LogP contribution is 2.17. The average molecular weight is 250 g/mol. The molecule has 2 rings (SSSR count). The van der Waals surface area contributed by atoms with E-state index in [0.717, 1.165) is 6.42 Å². The molecule has 0 saturated carbocycles. The number of amides is 1. The van der Waals surface area contributed by atoms with E-state index < -0.39 is 4.92 Å². The van der Waals surface area contributed by atoms with Gasteiger partial charge in [-0.25, -0.2) is 4.98 Å². The molecule has 0 radical (unpaired) electrons. The van der Waals surface area contributed by atoms with Crippen molar-refractivity contribution >= 4 is 17.4 Å². The number of likely N-dealkylation sites (tertiary alicyclic amines) is 1. The summed E-state index contributed by atoms with van der Waals surface area (Å²) in [4.78, 5) is 27.2. The molecule has 1 aliphatic rings. The van der Waals surface area contributed by atoms with Crippen LogP contribution in [0.5, 0.6) is 0 Å². The minimum absolute atomic E-state index is 0.0417. The number of nitro groups is 1. The third-order valence-corrected chi connectivity index (χ3v) is 2.97. The van der Waals surface area contributed by atoms with Gasteiger partial charge in [0, 0.05) is 32.1 Å². The van der Waals surface area contributed by atoms with Gasteiger partial charge in [0.1, 0.15) is 12.0 Å². The molecule has 7 nitrogen and oxygen atoms in total. The number of carbonyl (C=O) groups is 1. The SMILES string of the molecule is CN1CCC(Nc2ccc([N+](=O)[O-])cn2)CC1=O. The van der Waals surface area contributed by atoms with Crippen molar-refractivity contribution in [3.8, 4) is 0 Å². The van der Waals surface area contributed by atoms with E-state index in [1.54, 1.807) is 18.0 Å². The number of rotatable bonds is 3. The summed E-state index contributed by atoms with van der Waals surface area (Å²) in [6, 6.07) is 3.00. The second-order valence-electron chi connectivity index (χ2n) is 4.31. The zero-order chi connectivity index (χ0) is 13.1. The maximum atomic E-state index is 11.5. The second kappa shape index (κ2) is 4.99. The predicted molar refractivity (Wildman–Crippen MR) is 65.2 cm³/mol. The van der Waals surface area contributed by atoms with Gasteiger partial charge in [0.2, 0.25) is 5.91 Å². The minimum Gasteiger partial charge on any atom is -0.367 e. The van der Waals surface area contributed by atoms with E-state index in [1.165, 1.54) is 12.3 Å². The molecular formula is C11H14N4O3. The zero-order valence-electron chi connectivity index (χ0n) is 10.00. The van der Waals surface area contributed by atoms with Crippen molar-refractivity contribution < 1.29 is 9.72 Å². The number of anilines is 1. The van der Waals surface area contributed by atoms with Gasteiger partial charge in [0.05, 0.1) is 4.92 Å². The van der Waals surface area contributed by atoms with Crippen molar-refractivity contribution in [1.82, 2.24) is 9.88 Å². The van der Waals surface area contributed by atoms with Crippen LogP contribution in [0.1, 0.15) is 12.8 Å². The lowest BCUT2D eigenvalue weighted by Gasteiger charge is -2.29. The maximum Gasteiger partial charge on any atom is 0.287 e. The van der Waals surface area contributed by atoms with E-state index >= 15 is 0 Å². The van der Waals surface area contributed by atoms with Crippen LogP contribution in [0, 0.1) is 10.1 Å². The molecule has 96 valence electrons. The molecule has 1 saturated heterocycles. The Kier molecular flexibility index (Phi) is 3.40. The minimum atomic E-state index is -0.490. The third kappa shape index (κ3) is 2.73. The molecule has 1 N–H and O–H groups in total. The highest BCUT2D eigenvalue weighted by molar-refractivity contribution is 5.77. The molecule has 1 aliphatic heterocycles. The molecular weight excluding hydrogens is 236 g/mol. The standard InChI is InChI=1S/C11H14N4O3/c1-14-5-4-8(6-11(14)16)13-10-3-2-9(7-12-10)15(17)18/h2-3,7-8H,4-6H2,1H3,(H,12,13). The monoisotopic (exact) mass is 250 g/mol. The Morgan fingerprint density at radius 1 is 1.56 bits per heavy atom. The number of hydrogen-bond donors (Lipinski definition) is 1. The predicted octanol–water partition coefficient (Wildman–Crippen LogP) is 1.02. The number of carbonyl (C=O) groups excluding carboxylic acids is 1. The van der Waals surface area contributed by atoms with Gasteiger partial charge in [-0.3, -0.25) is 14.9 Å². The van der Waals surface area contributed by atoms with Crippen molar-refractivity contribution in [2.24, 2.45) is 0 Å². The normalized spacial score (nSPS) is 19.7. The quantitative estimate of drug-likeness (QED) is 0.639. The van der Waals surface area contributed by atoms with Crippen molar-refractivity contribution in [2.45, 2.75) is 18.9 Å². The Morgan fingerprint density at radius 2 is 2.33 bits per heavy atom. The van der Waals surface area contributed by atoms with Gasteiger partial charge in [0.15, 0.2) is 0 Å². The molecule has 7 heteroatoms. The van der Waals surface area contributed by atoms with Gasteiger partial charge >= 0.3 is 0 Å². The molecule has 18 heavy (non-hydrogen) atoms. The molecule has 1 amide bonds. The van der Waals surface area contributed by atoms with E-state index in [2.05, 4.69) is 10.3 Å². The van der Waals surface area contributed by atoms with Gasteiger partial charge in [-0.1, -0.05) is 0 Å². The first-order valence-electron chi connectivity index (χ1n) is 5.67. The zero-order valence-corrected chi connectivity index (χ0v) is 10.00. The van der Waals surface area contributed by atoms with Crippen molar-refractivity contribution in [2.75, 3.05) is 18.9 Å². The molecule has 1 unspecified atom stereocenters. The largest absolute Gasteiger partial charge is 0.367 e. The second-order valence-corrected chi connectivity index (χ2v) is 4.31. The van der Waals surface area contributed by atoms with Gasteiger partial charge in [-0.2, -0.15) is 0 Å². The number of pyridine rings is 1. The fourth-order valence-electron chi connectivity index (χ4n) is 1.85. The van der Waals surface area contributed by atoms with Crippen LogP contribution >= 0.6 is 0 Å². The van der Waals surface area contributed by atoms with E-state index in [1.807, 2.05) is 0 Å². The summed E-state index contributed by atoms with van der Waals surface area (Å²) in [6.07, 6.45) is 2.48. The molecule has 0 aliphatic carbocycles. The number of nitrogens with zero attached hydrogens (tertiary/aromatic N) is 3. The van der Waals surface area contributed by atoms with Crippen molar-refractivity contribution in [3.05, 3.63) is 28.4 Å². The summed E-state index contributed by atoms with van der Waals surface area (Å²) in [6.45, 7) is 0.712. The molecule has 1 aromatic rings. The lowest BCUT2D eigenvalue weighted by Crippen LogP contribution is -2.41. The smallest absolute Gasteiger partial charge is 0.287 e. The van der Waals surface area contributed by atoms with E-state index in [0.29, 0.717) is 18.8 Å². The first-order valence-corrected chi connectivity index (χ1v) is 5.67. The summed E-state index contributed by atoms with van der Waals surface area (Å²) in [7, 11) is 1.78. The van der Waals surface area contributed by atoms with Crippen LogP contribution < -0.4 is 5.32 Å². The van der Waals surface area contributed by atoms with Crippen LogP contribution in [0.4, 0.5) is 11.5 Å². The van der Waals surface area contributed by atoms with Crippen LogP contribution in [-0.4, -0.2) is 40.3 Å². The number of piperidine rings is 1. The van der Waals surface area contributed by atoms with Gasteiger partial charge < -0.3 is 10.2 Å². The fourth-order valence-corrected chi connectivity index (χ4v) is 1.85. The number of aromatic nitrogens is 1. The van der Waals surface area contributed by atoms with Gasteiger partial charge in [-0.05, 0) is 12.5 Å². The number of nitrogens with one attached hydrogen (secondary N) is 1. The molecule has 2 heterocycles. The van der Waals surface area contributed by atoms with E-state index in [4.69, 9.17) is 0 Å². The summed E-state index contributed by atoms with van der Waals surface area (Å²) >= 11 is 0. The van der Waals surface area contributed by atoms with Crippen molar-refractivity contribution in [1.29, 1.82) is 0 Å². The van der Waals surface area contributed by atoms with E-state index in [-0.39, 0.29) is 17.6 Å². The van der Waals surface area contributed by atoms with E-state index in [9.17, 15) is 14.9 Å². The summed E-state index contributed by atoms with van der Waals surface area (Å²) < 4.78 is 0. The Bertz CT molecular complexity index is 460. The Labute approximate surface area is 104 Å². The first kappa shape index (κ1) is 12.3. The lowest BCUT2D eigenvalue weighted by molar-refractivity contribution is -0.385. The fraction of sp³-hybridized carbons (Fsp3) is 0.455. The summed E-state index contributed by atoms with van der Waals surface area (Å²) in [5, 5.41) is 13.6. The molecule has 1 fully saturated rings.